The van der Waals surface area contributed by atoms with Crippen molar-refractivity contribution < 1.29 is 0 Å². The summed E-state index contributed by atoms with van der Waals surface area (Å²) in [5, 5.41) is 3.31. The predicted octanol–water partition coefficient (Wildman–Crippen LogP) is 1.04. The largest absolute Gasteiger partial charge is 0.347 e. The molecule has 0 aromatic carbocycles. The molecule has 1 aromatic rings. The average Bonchev–Trinajstić information content (AvgIpc) is 2.19. The van der Waals surface area contributed by atoms with Crippen LogP contribution in [0.1, 0.15) is 18.9 Å². The maximum Gasteiger partial charge on any atom is 0.224 e. The van der Waals surface area contributed by atoms with E-state index in [0.717, 1.165) is 31.0 Å². The number of anilines is 1. The fourth-order valence-electron chi connectivity index (χ4n) is 1.08. The highest BCUT2D eigenvalue weighted by Gasteiger charge is 1.98. The first kappa shape index (κ1) is 10.9. The number of hydrogen-bond donors (Lipinski definition) is 1. The van der Waals surface area contributed by atoms with Crippen molar-refractivity contribution in [2.24, 2.45) is 0 Å². The highest BCUT2D eigenvalue weighted by Crippen LogP contribution is 2.02. The van der Waals surface area contributed by atoms with Gasteiger partial charge in [0, 0.05) is 38.6 Å². The Bertz CT molecular complexity index is 255. The van der Waals surface area contributed by atoms with E-state index >= 15 is 0 Å². The van der Waals surface area contributed by atoms with Crippen LogP contribution in [-0.4, -0.2) is 30.6 Å². The van der Waals surface area contributed by atoms with E-state index in [1.807, 2.05) is 31.4 Å². The van der Waals surface area contributed by atoms with Gasteiger partial charge in [-0.25, -0.2) is 9.97 Å². The maximum absolute atomic E-state index is 4.23. The lowest BCUT2D eigenvalue weighted by Crippen LogP contribution is -2.16. The number of nitrogens with zero attached hydrogens (tertiary/aromatic N) is 3. The third-order valence-electron chi connectivity index (χ3n) is 1.85. The highest BCUT2D eigenvalue weighted by molar-refractivity contribution is 5.26. The van der Waals surface area contributed by atoms with Gasteiger partial charge in [-0.1, -0.05) is 6.92 Å². The summed E-state index contributed by atoms with van der Waals surface area (Å²) in [5.74, 6) is 0.754. The lowest BCUT2D eigenvalue weighted by atomic mass is 10.3. The van der Waals surface area contributed by atoms with Gasteiger partial charge >= 0.3 is 0 Å². The van der Waals surface area contributed by atoms with Gasteiger partial charge < -0.3 is 10.2 Å². The molecule has 1 heterocycles. The summed E-state index contributed by atoms with van der Waals surface area (Å²) in [4.78, 5) is 10.4. The lowest BCUT2D eigenvalue weighted by Gasteiger charge is -2.09. The molecular weight excluding hydrogens is 176 g/mol. The van der Waals surface area contributed by atoms with E-state index in [9.17, 15) is 0 Å². The van der Waals surface area contributed by atoms with Gasteiger partial charge in [0.15, 0.2) is 0 Å². The van der Waals surface area contributed by atoms with E-state index < -0.39 is 0 Å². The van der Waals surface area contributed by atoms with Gasteiger partial charge in [0.25, 0.3) is 0 Å². The standard InChI is InChI=1S/C10H18N4/c1-4-5-11-6-9-7-12-10(13-8-9)14(2)3/h7-8,11H,4-6H2,1-3H3. The van der Waals surface area contributed by atoms with Crippen LogP contribution < -0.4 is 10.2 Å². The second kappa shape index (κ2) is 5.54. The van der Waals surface area contributed by atoms with Gasteiger partial charge in [-0.05, 0) is 13.0 Å². The van der Waals surface area contributed by atoms with E-state index in [4.69, 9.17) is 0 Å². The van der Waals surface area contributed by atoms with Gasteiger partial charge in [0.2, 0.25) is 5.95 Å². The van der Waals surface area contributed by atoms with Gasteiger partial charge in [-0.2, -0.15) is 0 Å². The summed E-state index contributed by atoms with van der Waals surface area (Å²) in [5.41, 5.74) is 1.13. The number of nitrogens with one attached hydrogen (secondary N) is 1. The Labute approximate surface area is 85.4 Å². The molecule has 1 aromatic heterocycles. The molecule has 0 radical (unpaired) electrons. The third-order valence-corrected chi connectivity index (χ3v) is 1.85. The summed E-state index contributed by atoms with van der Waals surface area (Å²) in [6.45, 7) is 4.04. The minimum Gasteiger partial charge on any atom is -0.347 e. The van der Waals surface area contributed by atoms with Crippen LogP contribution in [0.2, 0.25) is 0 Å². The summed E-state index contributed by atoms with van der Waals surface area (Å²) >= 11 is 0. The van der Waals surface area contributed by atoms with Crippen molar-refractivity contribution in [2.75, 3.05) is 25.5 Å². The molecule has 4 heteroatoms. The van der Waals surface area contributed by atoms with Crippen LogP contribution in [0, 0.1) is 0 Å². The molecule has 14 heavy (non-hydrogen) atoms. The Kier molecular flexibility index (Phi) is 4.32. The molecule has 0 aliphatic rings. The molecule has 0 bridgehead atoms. The molecule has 0 saturated carbocycles. The van der Waals surface area contributed by atoms with Gasteiger partial charge in [0.05, 0.1) is 0 Å². The van der Waals surface area contributed by atoms with Crippen LogP contribution in [0.5, 0.6) is 0 Å². The predicted molar refractivity (Wildman–Crippen MR) is 58.4 cm³/mol. The first-order chi connectivity index (χ1) is 6.74. The van der Waals surface area contributed by atoms with Crippen molar-refractivity contribution in [2.45, 2.75) is 19.9 Å². The number of hydrogen-bond acceptors (Lipinski definition) is 4. The van der Waals surface area contributed by atoms with Crippen molar-refractivity contribution in [3.05, 3.63) is 18.0 Å². The zero-order valence-electron chi connectivity index (χ0n) is 9.12. The molecule has 0 amide bonds. The monoisotopic (exact) mass is 194 g/mol. The Morgan fingerprint density at radius 1 is 1.29 bits per heavy atom. The molecular formula is C10H18N4. The second-order valence-electron chi connectivity index (χ2n) is 3.46. The average molecular weight is 194 g/mol. The fourth-order valence-corrected chi connectivity index (χ4v) is 1.08. The van der Waals surface area contributed by atoms with E-state index in [-0.39, 0.29) is 0 Å². The summed E-state index contributed by atoms with van der Waals surface area (Å²) in [7, 11) is 3.87. The topological polar surface area (TPSA) is 41.1 Å². The molecule has 0 atom stereocenters. The molecule has 1 N–H and O–H groups in total. The Morgan fingerprint density at radius 3 is 2.43 bits per heavy atom. The molecule has 0 spiro atoms. The van der Waals surface area contributed by atoms with E-state index in [2.05, 4.69) is 22.2 Å². The third kappa shape index (κ3) is 3.30. The molecule has 0 aliphatic heterocycles. The lowest BCUT2D eigenvalue weighted by molar-refractivity contribution is 0.671. The molecule has 1 rings (SSSR count). The van der Waals surface area contributed by atoms with Crippen molar-refractivity contribution in [1.82, 2.24) is 15.3 Å². The van der Waals surface area contributed by atoms with E-state index in [1.54, 1.807) is 0 Å². The van der Waals surface area contributed by atoms with Crippen LogP contribution in [-0.2, 0) is 6.54 Å². The van der Waals surface area contributed by atoms with Crippen LogP contribution in [0.4, 0.5) is 5.95 Å². The first-order valence-corrected chi connectivity index (χ1v) is 4.93. The smallest absolute Gasteiger partial charge is 0.224 e. The van der Waals surface area contributed by atoms with E-state index in [1.165, 1.54) is 0 Å². The zero-order chi connectivity index (χ0) is 10.4. The molecule has 4 nitrogen and oxygen atoms in total. The molecule has 0 unspecified atom stereocenters. The molecule has 0 fully saturated rings. The van der Waals surface area contributed by atoms with Gasteiger partial charge in [-0.3, -0.25) is 0 Å². The molecule has 0 aliphatic carbocycles. The fraction of sp³-hybridized carbons (Fsp3) is 0.600. The van der Waals surface area contributed by atoms with Crippen molar-refractivity contribution >= 4 is 5.95 Å². The quantitative estimate of drug-likeness (QED) is 0.711. The Balaban J connectivity index is 2.47. The first-order valence-electron chi connectivity index (χ1n) is 4.93. The normalized spacial score (nSPS) is 10.2. The molecule has 0 saturated heterocycles. The minimum atomic E-state index is 0.754. The number of aromatic nitrogens is 2. The Morgan fingerprint density at radius 2 is 1.93 bits per heavy atom. The summed E-state index contributed by atoms with van der Waals surface area (Å²) < 4.78 is 0. The molecule has 78 valence electrons. The number of rotatable bonds is 5. The SMILES string of the molecule is CCCNCc1cnc(N(C)C)nc1. The van der Waals surface area contributed by atoms with Gasteiger partial charge in [0.1, 0.15) is 0 Å². The summed E-state index contributed by atoms with van der Waals surface area (Å²) in [6, 6.07) is 0. The van der Waals surface area contributed by atoms with Crippen molar-refractivity contribution in [3.63, 3.8) is 0 Å². The van der Waals surface area contributed by atoms with Crippen molar-refractivity contribution in [3.8, 4) is 0 Å². The van der Waals surface area contributed by atoms with E-state index in [0.29, 0.717) is 0 Å². The maximum atomic E-state index is 4.23. The minimum absolute atomic E-state index is 0.754. The van der Waals surface area contributed by atoms with Crippen LogP contribution in [0.3, 0.4) is 0 Å². The van der Waals surface area contributed by atoms with Crippen LogP contribution in [0.25, 0.3) is 0 Å². The van der Waals surface area contributed by atoms with Gasteiger partial charge in [-0.15, -0.1) is 0 Å². The van der Waals surface area contributed by atoms with Crippen LogP contribution in [0.15, 0.2) is 12.4 Å². The Hall–Kier alpha value is -1.16. The second-order valence-corrected chi connectivity index (χ2v) is 3.46. The summed E-state index contributed by atoms with van der Waals surface area (Å²) in [6.07, 6.45) is 4.88. The highest BCUT2D eigenvalue weighted by atomic mass is 15.2. The van der Waals surface area contributed by atoms with Crippen molar-refractivity contribution in [1.29, 1.82) is 0 Å². The van der Waals surface area contributed by atoms with Crippen LogP contribution >= 0.6 is 0 Å². The zero-order valence-corrected chi connectivity index (χ0v) is 9.12.